The highest BCUT2D eigenvalue weighted by molar-refractivity contribution is 7.89. The number of aromatic nitrogens is 2. The zero-order chi connectivity index (χ0) is 13.3. The van der Waals surface area contributed by atoms with Crippen molar-refractivity contribution in [2.24, 2.45) is 0 Å². The third kappa shape index (κ3) is 2.83. The number of nitrogens with zero attached hydrogens (tertiary/aromatic N) is 2. The van der Waals surface area contributed by atoms with E-state index in [0.29, 0.717) is 5.56 Å². The van der Waals surface area contributed by atoms with Crippen LogP contribution in [0.15, 0.2) is 22.7 Å². The summed E-state index contributed by atoms with van der Waals surface area (Å²) in [6.07, 6.45) is 1.06. The minimum absolute atomic E-state index is 0.00891. The van der Waals surface area contributed by atoms with Gasteiger partial charge >= 0.3 is 0 Å². The Morgan fingerprint density at radius 1 is 1.44 bits per heavy atom. The van der Waals surface area contributed by atoms with Crippen molar-refractivity contribution in [3.8, 4) is 11.5 Å². The molecule has 0 bridgehead atoms. The number of rotatable bonds is 3. The first kappa shape index (κ1) is 12.5. The van der Waals surface area contributed by atoms with Crippen LogP contribution in [0.5, 0.6) is 0 Å². The van der Waals surface area contributed by atoms with Gasteiger partial charge in [0.1, 0.15) is 11.6 Å². The van der Waals surface area contributed by atoms with Gasteiger partial charge in [0.15, 0.2) is 15.7 Å². The van der Waals surface area contributed by atoms with Gasteiger partial charge in [-0.25, -0.2) is 12.8 Å². The summed E-state index contributed by atoms with van der Waals surface area (Å²) in [5, 5.41) is 3.51. The summed E-state index contributed by atoms with van der Waals surface area (Å²) >= 11 is 0. The molecule has 2 aromatic rings. The van der Waals surface area contributed by atoms with E-state index in [1.54, 1.807) is 0 Å². The van der Waals surface area contributed by atoms with Gasteiger partial charge < -0.3 is 10.3 Å². The van der Waals surface area contributed by atoms with Crippen LogP contribution in [0.4, 0.5) is 10.1 Å². The first-order chi connectivity index (χ1) is 8.35. The molecule has 0 amide bonds. The van der Waals surface area contributed by atoms with Crippen molar-refractivity contribution in [1.82, 2.24) is 10.1 Å². The van der Waals surface area contributed by atoms with Crippen molar-refractivity contribution >= 4 is 15.5 Å². The average molecular weight is 271 g/mol. The summed E-state index contributed by atoms with van der Waals surface area (Å²) < 4.78 is 40.2. The molecule has 2 N–H and O–H groups in total. The largest absolute Gasteiger partial charge is 0.396 e. The number of anilines is 1. The van der Waals surface area contributed by atoms with E-state index in [2.05, 4.69) is 10.1 Å². The van der Waals surface area contributed by atoms with Gasteiger partial charge in [0.25, 0.3) is 5.89 Å². The van der Waals surface area contributed by atoms with Gasteiger partial charge in [0.05, 0.1) is 5.69 Å². The minimum atomic E-state index is -3.24. The Hall–Kier alpha value is -1.96. The maximum atomic E-state index is 13.2. The van der Waals surface area contributed by atoms with Crippen LogP contribution in [0.25, 0.3) is 11.5 Å². The van der Waals surface area contributed by atoms with Gasteiger partial charge in [-0.3, -0.25) is 0 Å². The fourth-order valence-electron chi connectivity index (χ4n) is 1.32. The molecular weight excluding hydrogens is 261 g/mol. The molecule has 0 unspecified atom stereocenters. The highest BCUT2D eigenvalue weighted by Crippen LogP contribution is 2.21. The first-order valence-corrected chi connectivity index (χ1v) is 6.97. The van der Waals surface area contributed by atoms with Crippen molar-refractivity contribution < 1.29 is 17.3 Å². The van der Waals surface area contributed by atoms with Gasteiger partial charge in [0, 0.05) is 11.8 Å². The molecule has 18 heavy (non-hydrogen) atoms. The third-order valence-corrected chi connectivity index (χ3v) is 2.89. The SMILES string of the molecule is CS(=O)(=O)Cc1noc(-c2ccc(N)c(F)c2)n1. The second-order valence-electron chi connectivity index (χ2n) is 3.82. The van der Waals surface area contributed by atoms with E-state index in [1.165, 1.54) is 12.1 Å². The lowest BCUT2D eigenvalue weighted by Gasteiger charge is -1.97. The second-order valence-corrected chi connectivity index (χ2v) is 5.96. The smallest absolute Gasteiger partial charge is 0.258 e. The van der Waals surface area contributed by atoms with E-state index in [9.17, 15) is 12.8 Å². The molecule has 6 nitrogen and oxygen atoms in total. The van der Waals surface area contributed by atoms with Gasteiger partial charge in [-0.15, -0.1) is 0 Å². The Morgan fingerprint density at radius 2 is 2.17 bits per heavy atom. The molecule has 96 valence electrons. The zero-order valence-electron chi connectivity index (χ0n) is 9.42. The second kappa shape index (κ2) is 4.37. The van der Waals surface area contributed by atoms with Crippen LogP contribution in [-0.2, 0) is 15.6 Å². The molecular formula is C10H10FN3O3S. The average Bonchev–Trinajstić information content (AvgIpc) is 2.68. The number of hydrogen-bond donors (Lipinski definition) is 1. The van der Waals surface area contributed by atoms with Crippen molar-refractivity contribution in [1.29, 1.82) is 0 Å². The number of nitrogens with two attached hydrogens (primary N) is 1. The van der Waals surface area contributed by atoms with E-state index < -0.39 is 15.7 Å². The Labute approximate surface area is 103 Å². The predicted octanol–water partition coefficient (Wildman–Crippen LogP) is 1.00. The highest BCUT2D eigenvalue weighted by Gasteiger charge is 2.14. The third-order valence-electron chi connectivity index (χ3n) is 2.11. The van der Waals surface area contributed by atoms with Crippen LogP contribution in [0, 0.1) is 5.82 Å². The highest BCUT2D eigenvalue weighted by atomic mass is 32.2. The van der Waals surface area contributed by atoms with Crippen LogP contribution < -0.4 is 5.73 Å². The summed E-state index contributed by atoms with van der Waals surface area (Å²) in [5.41, 5.74) is 5.68. The molecule has 8 heteroatoms. The van der Waals surface area contributed by atoms with E-state index in [0.717, 1.165) is 12.3 Å². The zero-order valence-corrected chi connectivity index (χ0v) is 10.2. The first-order valence-electron chi connectivity index (χ1n) is 4.91. The standard InChI is InChI=1S/C10H10FN3O3S/c1-18(15,16)5-9-13-10(17-14-9)6-2-3-8(12)7(11)4-6/h2-4H,5,12H2,1H3. The van der Waals surface area contributed by atoms with E-state index in [1.807, 2.05) is 0 Å². The Kier molecular flexibility index (Phi) is 3.04. The molecule has 0 saturated heterocycles. The Balaban J connectivity index is 2.32. The topological polar surface area (TPSA) is 99.1 Å². The molecule has 0 spiro atoms. The Morgan fingerprint density at radius 3 is 2.78 bits per heavy atom. The summed E-state index contributed by atoms with van der Waals surface area (Å²) in [6, 6.07) is 4.02. The maximum absolute atomic E-state index is 13.2. The number of halogens is 1. The molecule has 1 aromatic heterocycles. The summed E-state index contributed by atoms with van der Waals surface area (Å²) in [5.74, 6) is -0.846. The summed E-state index contributed by atoms with van der Waals surface area (Å²) in [6.45, 7) is 0. The van der Waals surface area contributed by atoms with Crippen molar-refractivity contribution in [2.45, 2.75) is 5.75 Å². The number of sulfone groups is 1. The lowest BCUT2D eigenvalue weighted by molar-refractivity contribution is 0.424. The molecule has 0 fully saturated rings. The molecule has 0 aliphatic heterocycles. The molecule has 0 saturated carbocycles. The van der Waals surface area contributed by atoms with Gasteiger partial charge in [-0.05, 0) is 18.2 Å². The fourth-order valence-corrected chi connectivity index (χ4v) is 1.91. The number of nitrogen functional groups attached to an aromatic ring is 1. The molecule has 0 radical (unpaired) electrons. The normalized spacial score (nSPS) is 11.7. The monoisotopic (exact) mass is 271 g/mol. The van der Waals surface area contributed by atoms with Crippen molar-refractivity contribution in [3.05, 3.63) is 29.8 Å². The van der Waals surface area contributed by atoms with Crippen LogP contribution in [-0.4, -0.2) is 24.8 Å². The molecule has 1 aromatic carbocycles. The summed E-state index contributed by atoms with van der Waals surface area (Å²) in [7, 11) is -3.24. The fraction of sp³-hybridized carbons (Fsp3) is 0.200. The number of benzene rings is 1. The molecule has 0 atom stereocenters. The summed E-state index contributed by atoms with van der Waals surface area (Å²) in [4.78, 5) is 3.87. The van der Waals surface area contributed by atoms with E-state index in [-0.39, 0.29) is 23.2 Å². The van der Waals surface area contributed by atoms with Gasteiger partial charge in [0.2, 0.25) is 0 Å². The van der Waals surface area contributed by atoms with Crippen LogP contribution in [0.2, 0.25) is 0 Å². The van der Waals surface area contributed by atoms with E-state index in [4.69, 9.17) is 10.3 Å². The van der Waals surface area contributed by atoms with Crippen molar-refractivity contribution in [2.75, 3.05) is 12.0 Å². The molecule has 0 aliphatic rings. The quantitative estimate of drug-likeness (QED) is 0.836. The number of hydrogen-bond acceptors (Lipinski definition) is 6. The van der Waals surface area contributed by atoms with Gasteiger partial charge in [-0.2, -0.15) is 4.98 Å². The lowest BCUT2D eigenvalue weighted by atomic mass is 10.2. The lowest BCUT2D eigenvalue weighted by Crippen LogP contribution is -2.02. The van der Waals surface area contributed by atoms with Crippen LogP contribution in [0.1, 0.15) is 5.82 Å². The minimum Gasteiger partial charge on any atom is -0.396 e. The molecule has 2 rings (SSSR count). The molecule has 0 aliphatic carbocycles. The van der Waals surface area contributed by atoms with Crippen molar-refractivity contribution in [3.63, 3.8) is 0 Å². The van der Waals surface area contributed by atoms with Gasteiger partial charge in [-0.1, -0.05) is 5.16 Å². The van der Waals surface area contributed by atoms with Crippen LogP contribution >= 0.6 is 0 Å². The maximum Gasteiger partial charge on any atom is 0.258 e. The predicted molar refractivity (Wildman–Crippen MR) is 62.7 cm³/mol. The van der Waals surface area contributed by atoms with E-state index >= 15 is 0 Å². The van der Waals surface area contributed by atoms with Crippen LogP contribution in [0.3, 0.4) is 0 Å². The molecule has 1 heterocycles. The Bertz CT molecular complexity index is 681.